The third kappa shape index (κ3) is 3.17. The van der Waals surface area contributed by atoms with Gasteiger partial charge in [0, 0.05) is 12.2 Å². The SMILES string of the molecule is Nc1ncc(C2=CCC(N)CC2)cc1-c1nnnn1-c1cccc(F)c1F. The zero-order chi connectivity index (χ0) is 19.0. The van der Waals surface area contributed by atoms with Crippen molar-refractivity contribution in [2.24, 2.45) is 5.73 Å². The summed E-state index contributed by atoms with van der Waals surface area (Å²) in [6.07, 6.45) is 6.27. The molecule has 1 aromatic carbocycles. The van der Waals surface area contributed by atoms with Gasteiger partial charge in [0.1, 0.15) is 11.5 Å². The van der Waals surface area contributed by atoms with Crippen LogP contribution in [-0.2, 0) is 0 Å². The first-order valence-electron chi connectivity index (χ1n) is 8.48. The van der Waals surface area contributed by atoms with Crippen LogP contribution >= 0.6 is 0 Å². The summed E-state index contributed by atoms with van der Waals surface area (Å²) in [6.45, 7) is 0. The van der Waals surface area contributed by atoms with Crippen LogP contribution in [0.2, 0.25) is 0 Å². The Morgan fingerprint density at radius 2 is 2.07 bits per heavy atom. The molecule has 0 aliphatic heterocycles. The van der Waals surface area contributed by atoms with Gasteiger partial charge in [-0.05, 0) is 59.0 Å². The number of hydrogen-bond donors (Lipinski definition) is 2. The maximum Gasteiger partial charge on any atom is 0.190 e. The predicted molar refractivity (Wildman–Crippen MR) is 96.5 cm³/mol. The van der Waals surface area contributed by atoms with Gasteiger partial charge >= 0.3 is 0 Å². The number of pyridine rings is 1. The molecule has 2 heterocycles. The standard InChI is InChI=1S/C18H17F2N7/c19-14-2-1-3-15(16(14)20)27-18(24-25-26-27)13-8-11(9-23-17(13)22)10-4-6-12(21)7-5-10/h1-4,8-9,12H,5-7,21H2,(H2,22,23). The molecule has 1 unspecified atom stereocenters. The third-order valence-electron chi connectivity index (χ3n) is 4.61. The van der Waals surface area contributed by atoms with Crippen LogP contribution in [0.1, 0.15) is 24.8 Å². The molecule has 27 heavy (non-hydrogen) atoms. The number of benzene rings is 1. The van der Waals surface area contributed by atoms with Gasteiger partial charge < -0.3 is 11.5 Å². The summed E-state index contributed by atoms with van der Waals surface area (Å²) in [5, 5.41) is 11.3. The van der Waals surface area contributed by atoms with Crippen molar-refractivity contribution in [1.29, 1.82) is 0 Å². The second-order valence-corrected chi connectivity index (χ2v) is 6.41. The highest BCUT2D eigenvalue weighted by Gasteiger charge is 2.20. The molecular weight excluding hydrogens is 352 g/mol. The number of anilines is 1. The van der Waals surface area contributed by atoms with Crippen LogP contribution < -0.4 is 11.5 Å². The molecule has 4 rings (SSSR count). The Labute approximate surface area is 153 Å². The minimum atomic E-state index is -1.04. The number of nitrogen functional groups attached to an aromatic ring is 1. The molecule has 3 aromatic rings. The molecule has 7 nitrogen and oxygen atoms in total. The van der Waals surface area contributed by atoms with Gasteiger partial charge in [0.05, 0.1) is 5.56 Å². The number of allylic oxidation sites excluding steroid dienone is 1. The monoisotopic (exact) mass is 369 g/mol. The molecular formula is C18H17F2N7. The predicted octanol–water partition coefficient (Wildman–Crippen LogP) is 2.48. The molecule has 1 aliphatic rings. The summed E-state index contributed by atoms with van der Waals surface area (Å²) in [5.74, 6) is -1.66. The highest BCUT2D eigenvalue weighted by Crippen LogP contribution is 2.31. The summed E-state index contributed by atoms with van der Waals surface area (Å²) < 4.78 is 28.9. The summed E-state index contributed by atoms with van der Waals surface area (Å²) in [7, 11) is 0. The number of halogens is 2. The van der Waals surface area contributed by atoms with E-state index in [0.717, 1.165) is 41.1 Å². The van der Waals surface area contributed by atoms with Crippen molar-refractivity contribution in [3.8, 4) is 17.1 Å². The van der Waals surface area contributed by atoms with Crippen molar-refractivity contribution in [3.05, 3.63) is 53.7 Å². The normalized spacial score (nSPS) is 17.0. The van der Waals surface area contributed by atoms with Gasteiger partial charge in [-0.25, -0.2) is 13.8 Å². The lowest BCUT2D eigenvalue weighted by Gasteiger charge is -2.19. The Balaban J connectivity index is 1.80. The highest BCUT2D eigenvalue weighted by atomic mass is 19.2. The lowest BCUT2D eigenvalue weighted by molar-refractivity contribution is 0.501. The third-order valence-corrected chi connectivity index (χ3v) is 4.61. The molecule has 0 radical (unpaired) electrons. The maximum atomic E-state index is 14.2. The van der Waals surface area contributed by atoms with Crippen molar-refractivity contribution in [3.63, 3.8) is 0 Å². The lowest BCUT2D eigenvalue weighted by Crippen LogP contribution is -2.21. The maximum absolute atomic E-state index is 14.2. The molecule has 0 spiro atoms. The Bertz CT molecular complexity index is 1030. The zero-order valence-electron chi connectivity index (χ0n) is 14.3. The van der Waals surface area contributed by atoms with Gasteiger partial charge in [-0.1, -0.05) is 12.1 Å². The largest absolute Gasteiger partial charge is 0.383 e. The van der Waals surface area contributed by atoms with Crippen molar-refractivity contribution < 1.29 is 8.78 Å². The number of nitrogens with two attached hydrogens (primary N) is 2. The molecule has 9 heteroatoms. The number of tetrazole rings is 1. The van der Waals surface area contributed by atoms with Gasteiger partial charge in [0.2, 0.25) is 0 Å². The van der Waals surface area contributed by atoms with E-state index in [4.69, 9.17) is 11.5 Å². The van der Waals surface area contributed by atoms with E-state index in [-0.39, 0.29) is 23.4 Å². The van der Waals surface area contributed by atoms with Crippen LogP contribution in [0, 0.1) is 11.6 Å². The van der Waals surface area contributed by atoms with E-state index in [2.05, 4.69) is 26.6 Å². The van der Waals surface area contributed by atoms with Crippen molar-refractivity contribution in [2.45, 2.75) is 25.3 Å². The molecule has 0 saturated heterocycles. The second-order valence-electron chi connectivity index (χ2n) is 6.41. The summed E-state index contributed by atoms with van der Waals surface area (Å²) in [6, 6.07) is 5.77. The number of nitrogens with zero attached hydrogens (tertiary/aromatic N) is 5. The molecule has 138 valence electrons. The fraction of sp³-hybridized carbons (Fsp3) is 0.222. The van der Waals surface area contributed by atoms with Gasteiger partial charge in [0.25, 0.3) is 0 Å². The molecule has 0 bridgehead atoms. The Kier molecular flexibility index (Phi) is 4.36. The minimum absolute atomic E-state index is 0.109. The Morgan fingerprint density at radius 1 is 1.22 bits per heavy atom. The topological polar surface area (TPSA) is 109 Å². The van der Waals surface area contributed by atoms with Gasteiger partial charge in [0.15, 0.2) is 17.5 Å². The van der Waals surface area contributed by atoms with Crippen LogP contribution in [0.4, 0.5) is 14.6 Å². The van der Waals surface area contributed by atoms with E-state index < -0.39 is 11.6 Å². The first-order valence-corrected chi connectivity index (χ1v) is 8.48. The van der Waals surface area contributed by atoms with Gasteiger partial charge in [-0.3, -0.25) is 0 Å². The molecule has 2 aromatic heterocycles. The molecule has 0 saturated carbocycles. The molecule has 0 fully saturated rings. The van der Waals surface area contributed by atoms with Crippen molar-refractivity contribution in [2.75, 3.05) is 5.73 Å². The van der Waals surface area contributed by atoms with E-state index in [9.17, 15) is 8.78 Å². The van der Waals surface area contributed by atoms with Crippen molar-refractivity contribution >= 4 is 11.4 Å². The van der Waals surface area contributed by atoms with Crippen LogP contribution in [-0.4, -0.2) is 31.2 Å². The van der Waals surface area contributed by atoms with Gasteiger partial charge in [-0.2, -0.15) is 4.68 Å². The van der Waals surface area contributed by atoms with Crippen LogP contribution in [0.5, 0.6) is 0 Å². The first-order chi connectivity index (χ1) is 13.0. The van der Waals surface area contributed by atoms with E-state index >= 15 is 0 Å². The summed E-state index contributed by atoms with van der Waals surface area (Å²) in [4.78, 5) is 4.23. The fourth-order valence-corrected chi connectivity index (χ4v) is 3.12. The second kappa shape index (κ2) is 6.84. The fourth-order valence-electron chi connectivity index (χ4n) is 3.12. The smallest absolute Gasteiger partial charge is 0.190 e. The quantitative estimate of drug-likeness (QED) is 0.734. The van der Waals surface area contributed by atoms with Crippen LogP contribution in [0.25, 0.3) is 22.6 Å². The lowest BCUT2D eigenvalue weighted by atomic mass is 9.91. The van der Waals surface area contributed by atoms with E-state index in [1.165, 1.54) is 12.1 Å². The van der Waals surface area contributed by atoms with Crippen LogP contribution in [0.3, 0.4) is 0 Å². The molecule has 1 aliphatic carbocycles. The van der Waals surface area contributed by atoms with Crippen LogP contribution in [0.15, 0.2) is 36.5 Å². The highest BCUT2D eigenvalue weighted by molar-refractivity contribution is 5.76. The van der Waals surface area contributed by atoms with Gasteiger partial charge in [-0.15, -0.1) is 5.10 Å². The Morgan fingerprint density at radius 3 is 2.85 bits per heavy atom. The van der Waals surface area contributed by atoms with E-state index in [1.54, 1.807) is 6.20 Å². The average Bonchev–Trinajstić information content (AvgIpc) is 3.14. The average molecular weight is 369 g/mol. The Hall–Kier alpha value is -3.20. The molecule has 0 amide bonds. The number of rotatable bonds is 3. The summed E-state index contributed by atoms with van der Waals surface area (Å²) in [5.41, 5.74) is 14.3. The molecule has 4 N–H and O–H groups in total. The number of aromatic nitrogens is 5. The zero-order valence-corrected chi connectivity index (χ0v) is 14.3. The molecule has 1 atom stereocenters. The van der Waals surface area contributed by atoms with Crippen molar-refractivity contribution in [1.82, 2.24) is 25.2 Å². The summed E-state index contributed by atoms with van der Waals surface area (Å²) >= 11 is 0. The minimum Gasteiger partial charge on any atom is -0.383 e. The number of hydrogen-bond acceptors (Lipinski definition) is 6. The van der Waals surface area contributed by atoms with E-state index in [0.29, 0.717) is 5.56 Å². The van der Waals surface area contributed by atoms with E-state index in [1.807, 2.05) is 6.07 Å². The first kappa shape index (κ1) is 17.2.